The zero-order chi connectivity index (χ0) is 28.6. The fraction of sp³-hybridized carbons (Fsp3) is 0.387. The first-order valence-corrected chi connectivity index (χ1v) is 18.9. The van der Waals surface area contributed by atoms with Crippen LogP contribution < -0.4 is 0 Å². The summed E-state index contributed by atoms with van der Waals surface area (Å²) in [7, 11) is -6.08. The quantitative estimate of drug-likeness (QED) is 0.119. The van der Waals surface area contributed by atoms with Crippen molar-refractivity contribution in [3.05, 3.63) is 108 Å². The maximum Gasteiger partial charge on any atom is 0.264 e. The Morgan fingerprint density at radius 2 is 1.21 bits per heavy atom. The van der Waals surface area contributed by atoms with Crippen LogP contribution in [0.2, 0.25) is 18.1 Å². The van der Waals surface area contributed by atoms with Gasteiger partial charge in [0.05, 0.1) is 28.4 Å². The number of β-lactam (4-membered cyclic amide) rings is 1. The van der Waals surface area contributed by atoms with E-state index in [1.807, 2.05) is 54.6 Å². The summed E-state index contributed by atoms with van der Waals surface area (Å²) in [4.78, 5) is 14.0. The summed E-state index contributed by atoms with van der Waals surface area (Å²) in [6.45, 7) is 12.7. The van der Waals surface area contributed by atoms with Gasteiger partial charge in [-0.15, -0.1) is 11.8 Å². The van der Waals surface area contributed by atoms with Crippen molar-refractivity contribution in [1.82, 2.24) is 4.57 Å². The highest BCUT2D eigenvalue weighted by Crippen LogP contribution is 2.57. The molecule has 1 aliphatic heterocycles. The molecule has 208 valence electrons. The molecule has 5 nitrogen and oxygen atoms in total. The minimum Gasteiger partial charge on any atom is -0.356 e. The van der Waals surface area contributed by atoms with Crippen LogP contribution in [0.3, 0.4) is 0 Å². The van der Waals surface area contributed by atoms with Crippen LogP contribution in [0.4, 0.5) is 0 Å². The maximum absolute atomic E-state index is 14.0. The molecular weight excluding hydrogens is 543 g/mol. The summed E-state index contributed by atoms with van der Waals surface area (Å²) in [6, 6.07) is 31.1. The van der Waals surface area contributed by atoms with Gasteiger partial charge >= 0.3 is 0 Å². The Morgan fingerprint density at radius 3 is 1.54 bits per heavy atom. The molecule has 3 aromatic carbocycles. The van der Waals surface area contributed by atoms with Crippen LogP contribution in [-0.4, -0.2) is 44.9 Å². The van der Waals surface area contributed by atoms with E-state index in [0.717, 1.165) is 22.9 Å². The van der Waals surface area contributed by atoms with Gasteiger partial charge in [-0.3, -0.25) is 8.98 Å². The van der Waals surface area contributed by atoms with E-state index in [0.29, 0.717) is 0 Å². The normalized spacial score (nSPS) is 19.5. The highest BCUT2D eigenvalue weighted by molar-refractivity contribution is 8.01. The van der Waals surface area contributed by atoms with Gasteiger partial charge in [0.15, 0.2) is 8.24 Å². The van der Waals surface area contributed by atoms with Crippen LogP contribution in [0.15, 0.2) is 91.0 Å². The second-order valence-corrected chi connectivity index (χ2v) is 19.9. The number of carbonyl (C=O) groups excluding carboxylic acids is 1. The van der Waals surface area contributed by atoms with Gasteiger partial charge in [0.25, 0.3) is 10.1 Å². The molecule has 1 saturated heterocycles. The number of hydrogen-bond donors (Lipinski definition) is 0. The molecule has 0 aliphatic carbocycles. The van der Waals surface area contributed by atoms with Crippen LogP contribution in [0, 0.1) is 5.92 Å². The van der Waals surface area contributed by atoms with Crippen molar-refractivity contribution < 1.29 is 17.4 Å². The highest BCUT2D eigenvalue weighted by atomic mass is 32.2. The first-order chi connectivity index (χ1) is 18.2. The van der Waals surface area contributed by atoms with Gasteiger partial charge in [0.2, 0.25) is 5.91 Å². The number of rotatable bonds is 9. The first-order valence-electron chi connectivity index (χ1n) is 13.3. The van der Waals surface area contributed by atoms with Crippen molar-refractivity contribution in [2.45, 2.75) is 62.1 Å². The maximum atomic E-state index is 14.0. The Morgan fingerprint density at radius 1 is 0.821 bits per heavy atom. The van der Waals surface area contributed by atoms with E-state index >= 15 is 0 Å². The van der Waals surface area contributed by atoms with Gasteiger partial charge in [-0.1, -0.05) is 125 Å². The largest absolute Gasteiger partial charge is 0.356 e. The van der Waals surface area contributed by atoms with Crippen molar-refractivity contribution >= 4 is 36.0 Å². The van der Waals surface area contributed by atoms with Crippen LogP contribution in [0.5, 0.6) is 0 Å². The lowest BCUT2D eigenvalue weighted by molar-refractivity contribution is -0.148. The van der Waals surface area contributed by atoms with Crippen molar-refractivity contribution in [1.29, 1.82) is 0 Å². The SMILES string of the molecule is CC(OS(C)(=O)=O)C1C(=O)N([Si](C)(C)C(C)(C)C)C1SC(c1ccccc1)(c1ccccc1)c1ccccc1. The molecule has 3 unspecified atom stereocenters. The number of thioether (sulfide) groups is 1. The number of nitrogens with zero attached hydrogens (tertiary/aromatic N) is 1. The Kier molecular flexibility index (Phi) is 8.25. The summed E-state index contributed by atoms with van der Waals surface area (Å²) in [6.07, 6.45) is 0.258. The Hall–Kier alpha value is -2.39. The molecule has 1 heterocycles. The van der Waals surface area contributed by atoms with Gasteiger partial charge in [0.1, 0.15) is 0 Å². The van der Waals surface area contributed by atoms with Crippen molar-refractivity contribution in [2.75, 3.05) is 6.26 Å². The van der Waals surface area contributed by atoms with Crippen molar-refractivity contribution in [2.24, 2.45) is 5.92 Å². The predicted octanol–water partition coefficient (Wildman–Crippen LogP) is 6.87. The van der Waals surface area contributed by atoms with E-state index in [1.54, 1.807) is 18.7 Å². The molecule has 3 aromatic rings. The molecule has 0 bridgehead atoms. The Balaban J connectivity index is 1.96. The number of hydrogen-bond acceptors (Lipinski definition) is 5. The molecule has 1 aliphatic rings. The molecule has 0 aromatic heterocycles. The summed E-state index contributed by atoms with van der Waals surface area (Å²) in [5, 5.41) is -0.391. The Labute approximate surface area is 239 Å². The third-order valence-electron chi connectivity index (χ3n) is 8.19. The monoisotopic (exact) mass is 581 g/mol. The molecule has 1 fully saturated rings. The molecular formula is C31H39NO4S2Si. The average molecular weight is 582 g/mol. The van der Waals surface area contributed by atoms with E-state index in [-0.39, 0.29) is 16.3 Å². The first kappa shape index (κ1) is 29.6. The van der Waals surface area contributed by atoms with E-state index in [4.69, 9.17) is 4.18 Å². The summed E-state index contributed by atoms with van der Waals surface area (Å²) in [5.74, 6) is -0.632. The van der Waals surface area contributed by atoms with Gasteiger partial charge in [-0.05, 0) is 28.7 Å². The summed E-state index contributed by atoms with van der Waals surface area (Å²) >= 11 is 1.72. The van der Waals surface area contributed by atoms with Crippen LogP contribution in [-0.2, 0) is 23.8 Å². The van der Waals surface area contributed by atoms with Gasteiger partial charge in [-0.2, -0.15) is 8.42 Å². The van der Waals surface area contributed by atoms with Gasteiger partial charge in [0, 0.05) is 0 Å². The molecule has 0 spiro atoms. The second kappa shape index (κ2) is 10.9. The molecule has 0 radical (unpaired) electrons. The number of amides is 1. The zero-order valence-electron chi connectivity index (χ0n) is 23.8. The highest BCUT2D eigenvalue weighted by Gasteiger charge is 2.61. The minimum atomic E-state index is -3.74. The smallest absolute Gasteiger partial charge is 0.264 e. The fourth-order valence-electron chi connectivity index (χ4n) is 5.24. The van der Waals surface area contributed by atoms with Crippen LogP contribution in [0.25, 0.3) is 0 Å². The summed E-state index contributed by atoms with van der Waals surface area (Å²) in [5.41, 5.74) is 3.28. The zero-order valence-corrected chi connectivity index (χ0v) is 26.4. The standard InChI is InChI=1S/C31H39NO4S2Si/c1-23(36-38(5,34)35)27-28(33)32(39(6,7)30(2,3)4)29(27)37-31(24-17-11-8-12-18-24,25-19-13-9-14-20-25)26-21-15-10-16-22-26/h8-23,27,29H,1-7H3. The lowest BCUT2D eigenvalue weighted by Crippen LogP contribution is -2.74. The van der Waals surface area contributed by atoms with Crippen molar-refractivity contribution in [3.8, 4) is 0 Å². The molecule has 1 amide bonds. The van der Waals surface area contributed by atoms with Gasteiger partial charge in [-0.25, -0.2) is 0 Å². The van der Waals surface area contributed by atoms with Crippen LogP contribution >= 0.6 is 11.8 Å². The van der Waals surface area contributed by atoms with E-state index in [9.17, 15) is 13.2 Å². The molecule has 4 rings (SSSR count). The number of carbonyl (C=O) groups is 1. The minimum absolute atomic E-state index is 0.0293. The fourth-order valence-corrected chi connectivity index (χ4v) is 11.0. The molecule has 0 N–H and O–H groups in total. The van der Waals surface area contributed by atoms with E-state index in [1.165, 1.54) is 0 Å². The summed E-state index contributed by atoms with van der Waals surface area (Å²) < 4.78 is 31.2. The molecule has 8 heteroatoms. The number of benzene rings is 3. The lowest BCUT2D eigenvalue weighted by atomic mass is 9.84. The lowest BCUT2D eigenvalue weighted by Gasteiger charge is -2.60. The van der Waals surface area contributed by atoms with E-state index in [2.05, 4.69) is 74.8 Å². The molecule has 3 atom stereocenters. The Bertz CT molecular complexity index is 1290. The third-order valence-corrected chi connectivity index (χ3v) is 16.2. The third kappa shape index (κ3) is 5.62. The van der Waals surface area contributed by atoms with E-state index < -0.39 is 35.1 Å². The van der Waals surface area contributed by atoms with Crippen LogP contribution in [0.1, 0.15) is 44.4 Å². The predicted molar refractivity (Wildman–Crippen MR) is 164 cm³/mol. The molecule has 0 saturated carbocycles. The molecule has 39 heavy (non-hydrogen) atoms. The van der Waals surface area contributed by atoms with Gasteiger partial charge < -0.3 is 4.57 Å². The topological polar surface area (TPSA) is 63.7 Å². The second-order valence-electron chi connectivity index (χ2n) is 11.8. The van der Waals surface area contributed by atoms with Crippen molar-refractivity contribution in [3.63, 3.8) is 0 Å². The average Bonchev–Trinajstić information content (AvgIpc) is 2.86.